The largest absolute Gasteiger partial charge is 0.465 e. The standard InChI is InChI=1S/C24H20N2O4S/c1-3-11-26-22(27)21(31-24(26)29)13-18-15-25(20-10-5-4-9-19(18)20)14-16-7-6-8-17(12-16)23(28)30-2/h3-10,12-13,15H,1,11,14H2,2H3/b21-13-. The Bertz CT molecular complexity index is 1240. The van der Waals surface area contributed by atoms with Gasteiger partial charge in [-0.05, 0) is 41.6 Å². The van der Waals surface area contributed by atoms with Crippen molar-refractivity contribution in [1.82, 2.24) is 9.47 Å². The van der Waals surface area contributed by atoms with Gasteiger partial charge >= 0.3 is 5.97 Å². The van der Waals surface area contributed by atoms with E-state index in [1.54, 1.807) is 18.2 Å². The molecule has 1 saturated heterocycles. The Hall–Kier alpha value is -3.58. The number of carbonyl (C=O) groups is 3. The fourth-order valence-electron chi connectivity index (χ4n) is 3.56. The summed E-state index contributed by atoms with van der Waals surface area (Å²) in [5, 5.41) is 0.682. The van der Waals surface area contributed by atoms with Crippen LogP contribution in [0.5, 0.6) is 0 Å². The van der Waals surface area contributed by atoms with Gasteiger partial charge in [-0.3, -0.25) is 14.5 Å². The number of para-hydroxylation sites is 1. The molecule has 0 unspecified atom stereocenters. The van der Waals surface area contributed by atoms with Gasteiger partial charge < -0.3 is 9.30 Å². The van der Waals surface area contributed by atoms with Crippen molar-refractivity contribution < 1.29 is 19.1 Å². The van der Waals surface area contributed by atoms with E-state index in [0.29, 0.717) is 17.0 Å². The number of nitrogens with zero attached hydrogens (tertiary/aromatic N) is 2. The Balaban J connectivity index is 1.71. The third-order valence-corrected chi connectivity index (χ3v) is 5.90. The molecule has 7 heteroatoms. The highest BCUT2D eigenvalue weighted by atomic mass is 32.2. The zero-order chi connectivity index (χ0) is 22.0. The summed E-state index contributed by atoms with van der Waals surface area (Å²) in [4.78, 5) is 38.1. The minimum atomic E-state index is -0.379. The third-order valence-electron chi connectivity index (χ3n) is 4.99. The van der Waals surface area contributed by atoms with Crippen molar-refractivity contribution >= 4 is 45.9 Å². The molecule has 1 aliphatic rings. The first-order valence-electron chi connectivity index (χ1n) is 9.63. The van der Waals surface area contributed by atoms with E-state index in [1.165, 1.54) is 18.1 Å². The van der Waals surface area contributed by atoms with Crippen LogP contribution in [0.15, 0.2) is 72.3 Å². The third kappa shape index (κ3) is 4.04. The maximum absolute atomic E-state index is 12.6. The molecule has 0 radical (unpaired) electrons. The van der Waals surface area contributed by atoms with Crippen LogP contribution in [0.25, 0.3) is 17.0 Å². The average molecular weight is 433 g/mol. The lowest BCUT2D eigenvalue weighted by Crippen LogP contribution is -2.27. The van der Waals surface area contributed by atoms with Crippen LogP contribution in [-0.4, -0.2) is 40.2 Å². The molecule has 1 aliphatic heterocycles. The lowest BCUT2D eigenvalue weighted by atomic mass is 10.1. The van der Waals surface area contributed by atoms with Gasteiger partial charge in [-0.2, -0.15) is 0 Å². The number of amides is 2. The molecule has 0 aliphatic carbocycles. The van der Waals surface area contributed by atoms with Crippen LogP contribution in [-0.2, 0) is 16.1 Å². The zero-order valence-corrected chi connectivity index (χ0v) is 17.7. The van der Waals surface area contributed by atoms with Crippen molar-refractivity contribution in [2.75, 3.05) is 13.7 Å². The monoisotopic (exact) mass is 432 g/mol. The van der Waals surface area contributed by atoms with Crippen LogP contribution in [0.1, 0.15) is 21.5 Å². The van der Waals surface area contributed by atoms with Crippen LogP contribution in [0.3, 0.4) is 0 Å². The number of imide groups is 1. The summed E-state index contributed by atoms with van der Waals surface area (Å²) < 4.78 is 6.87. The van der Waals surface area contributed by atoms with E-state index < -0.39 is 0 Å². The van der Waals surface area contributed by atoms with Gasteiger partial charge in [-0.1, -0.05) is 36.4 Å². The molecule has 0 saturated carbocycles. The first-order chi connectivity index (χ1) is 15.0. The van der Waals surface area contributed by atoms with Crippen molar-refractivity contribution in [3.63, 3.8) is 0 Å². The normalized spacial score (nSPS) is 15.1. The second-order valence-electron chi connectivity index (χ2n) is 7.00. The second kappa shape index (κ2) is 8.65. The number of carbonyl (C=O) groups excluding carboxylic acids is 3. The summed E-state index contributed by atoms with van der Waals surface area (Å²) in [6, 6.07) is 15.2. The molecule has 2 heterocycles. The molecule has 0 N–H and O–H groups in total. The number of ether oxygens (including phenoxy) is 1. The number of rotatable bonds is 6. The highest BCUT2D eigenvalue weighted by Crippen LogP contribution is 2.34. The summed E-state index contributed by atoms with van der Waals surface area (Å²) in [5.74, 6) is -0.687. The molecule has 0 atom stereocenters. The first kappa shape index (κ1) is 20.7. The predicted octanol–water partition coefficient (Wildman–Crippen LogP) is 4.70. The summed E-state index contributed by atoms with van der Waals surface area (Å²) in [5.41, 5.74) is 3.28. The molecule has 0 bridgehead atoms. The molecular formula is C24H20N2O4S. The van der Waals surface area contributed by atoms with Crippen molar-refractivity contribution in [2.24, 2.45) is 0 Å². The van der Waals surface area contributed by atoms with E-state index >= 15 is 0 Å². The van der Waals surface area contributed by atoms with Gasteiger partial charge in [-0.15, -0.1) is 6.58 Å². The summed E-state index contributed by atoms with van der Waals surface area (Å²) >= 11 is 0.936. The van der Waals surface area contributed by atoms with Gasteiger partial charge in [0.05, 0.1) is 17.6 Å². The van der Waals surface area contributed by atoms with Crippen LogP contribution in [0, 0.1) is 0 Å². The minimum Gasteiger partial charge on any atom is -0.465 e. The summed E-state index contributed by atoms with van der Waals surface area (Å²) in [7, 11) is 1.36. The summed E-state index contributed by atoms with van der Waals surface area (Å²) in [6.07, 6.45) is 5.25. The molecule has 1 aromatic heterocycles. The quantitative estimate of drug-likeness (QED) is 0.321. The van der Waals surface area contributed by atoms with E-state index in [0.717, 1.165) is 33.8 Å². The predicted molar refractivity (Wildman–Crippen MR) is 122 cm³/mol. The molecule has 3 aromatic rings. The Morgan fingerprint density at radius 2 is 1.97 bits per heavy atom. The number of hydrogen-bond acceptors (Lipinski definition) is 5. The Labute approximate surface area is 183 Å². The van der Waals surface area contributed by atoms with Crippen molar-refractivity contribution in [3.05, 3.63) is 89.0 Å². The number of hydrogen-bond donors (Lipinski definition) is 0. The topological polar surface area (TPSA) is 68.6 Å². The maximum atomic E-state index is 12.6. The van der Waals surface area contributed by atoms with E-state index in [4.69, 9.17) is 4.74 Å². The maximum Gasteiger partial charge on any atom is 0.337 e. The lowest BCUT2D eigenvalue weighted by molar-refractivity contribution is -0.122. The average Bonchev–Trinajstić information content (AvgIpc) is 3.26. The molecule has 4 rings (SSSR count). The molecule has 0 spiro atoms. The van der Waals surface area contributed by atoms with E-state index in [9.17, 15) is 14.4 Å². The number of esters is 1. The molecule has 2 aromatic carbocycles. The lowest BCUT2D eigenvalue weighted by Gasteiger charge is -2.07. The highest BCUT2D eigenvalue weighted by Gasteiger charge is 2.34. The molecule has 156 valence electrons. The number of benzene rings is 2. The van der Waals surface area contributed by atoms with E-state index in [1.807, 2.05) is 42.6 Å². The molecular weight excluding hydrogens is 412 g/mol. The van der Waals surface area contributed by atoms with Crippen molar-refractivity contribution in [1.29, 1.82) is 0 Å². The van der Waals surface area contributed by atoms with E-state index in [2.05, 4.69) is 11.1 Å². The fourth-order valence-corrected chi connectivity index (χ4v) is 4.40. The van der Waals surface area contributed by atoms with Gasteiger partial charge in [-0.25, -0.2) is 4.79 Å². The Morgan fingerprint density at radius 3 is 2.74 bits per heavy atom. The molecule has 31 heavy (non-hydrogen) atoms. The van der Waals surface area contributed by atoms with E-state index in [-0.39, 0.29) is 23.7 Å². The molecule has 1 fully saturated rings. The summed E-state index contributed by atoms with van der Waals surface area (Å²) in [6.45, 7) is 4.34. The van der Waals surface area contributed by atoms with Crippen LogP contribution in [0.2, 0.25) is 0 Å². The van der Waals surface area contributed by atoms with Gasteiger partial charge in [0.15, 0.2) is 0 Å². The Morgan fingerprint density at radius 1 is 1.16 bits per heavy atom. The van der Waals surface area contributed by atoms with Gasteiger partial charge in [0.25, 0.3) is 11.1 Å². The zero-order valence-electron chi connectivity index (χ0n) is 16.9. The van der Waals surface area contributed by atoms with Crippen molar-refractivity contribution in [3.8, 4) is 0 Å². The number of methoxy groups -OCH3 is 1. The van der Waals surface area contributed by atoms with Crippen LogP contribution < -0.4 is 0 Å². The van der Waals surface area contributed by atoms with Crippen molar-refractivity contribution in [2.45, 2.75) is 6.54 Å². The number of thioether (sulfide) groups is 1. The molecule has 6 nitrogen and oxygen atoms in total. The second-order valence-corrected chi connectivity index (χ2v) is 8.00. The SMILES string of the molecule is C=CCN1C(=O)S/C(=C\c2cn(Cc3cccc(C(=O)OC)c3)c3ccccc23)C1=O. The van der Waals surface area contributed by atoms with Gasteiger partial charge in [0.1, 0.15) is 0 Å². The minimum absolute atomic E-state index is 0.195. The number of fused-ring (bicyclic) bond motifs is 1. The smallest absolute Gasteiger partial charge is 0.337 e. The van der Waals surface area contributed by atoms with Gasteiger partial charge in [0, 0.05) is 35.8 Å². The van der Waals surface area contributed by atoms with Crippen LogP contribution >= 0.6 is 11.8 Å². The fraction of sp³-hybridized carbons (Fsp3) is 0.125. The highest BCUT2D eigenvalue weighted by molar-refractivity contribution is 8.18. The molecule has 2 amide bonds. The van der Waals surface area contributed by atoms with Gasteiger partial charge in [0.2, 0.25) is 0 Å². The Kier molecular flexibility index (Phi) is 5.77. The van der Waals surface area contributed by atoms with Crippen LogP contribution in [0.4, 0.5) is 4.79 Å². The number of aromatic nitrogens is 1. The first-order valence-corrected chi connectivity index (χ1v) is 10.4.